The first-order valence-electron chi connectivity index (χ1n) is 12.4. The van der Waals surface area contributed by atoms with Crippen LogP contribution in [0.4, 0.5) is 16.3 Å². The zero-order chi connectivity index (χ0) is 25.9. The lowest BCUT2D eigenvalue weighted by molar-refractivity contribution is 0.0985. The number of aliphatic hydroxyl groups is 1. The average Bonchev–Trinajstić information content (AvgIpc) is 3.67. The lowest BCUT2D eigenvalue weighted by Gasteiger charge is -2.35. The number of urea groups is 1. The fourth-order valence-electron chi connectivity index (χ4n) is 4.42. The number of benzene rings is 1. The molecule has 1 saturated heterocycles. The Bertz CT molecular complexity index is 1180. The number of hydrogen-bond acceptors (Lipinski definition) is 8. The van der Waals surface area contributed by atoms with Gasteiger partial charge in [-0.2, -0.15) is 0 Å². The maximum atomic E-state index is 13.3. The summed E-state index contributed by atoms with van der Waals surface area (Å²) in [6, 6.07) is 8.72. The topological polar surface area (TPSA) is 134 Å². The summed E-state index contributed by atoms with van der Waals surface area (Å²) < 4.78 is 31.2. The first kappa shape index (κ1) is 26.3. The van der Waals surface area contributed by atoms with Crippen LogP contribution in [0.5, 0.6) is 0 Å². The van der Waals surface area contributed by atoms with Crippen molar-refractivity contribution in [3.63, 3.8) is 0 Å². The Morgan fingerprint density at radius 2 is 1.97 bits per heavy atom. The monoisotopic (exact) mass is 517 g/mol. The molecule has 2 heterocycles. The second-order valence-corrected chi connectivity index (χ2v) is 12.5. The standard InChI is InChI=1S/C25H35N5O5S/c1-17(2)36(33,34)25(9-10-25)21-15-22(30-12-14-35-16-18(30)3)29-23(28-21)19-5-7-20(8-6-19)27-24(32)26-11-4-13-31/h5-8,15,17-18,31H,4,9-14,16H2,1-3H3,(H2,26,27,32)/t18-/m0/s1. The van der Waals surface area contributed by atoms with Crippen molar-refractivity contribution in [3.05, 3.63) is 36.0 Å². The molecular weight excluding hydrogens is 482 g/mol. The molecule has 1 aromatic heterocycles. The molecule has 3 N–H and O–H groups in total. The van der Waals surface area contributed by atoms with Gasteiger partial charge in [-0.15, -0.1) is 0 Å². The number of anilines is 2. The van der Waals surface area contributed by atoms with E-state index in [-0.39, 0.29) is 18.7 Å². The van der Waals surface area contributed by atoms with E-state index in [0.29, 0.717) is 68.6 Å². The highest BCUT2D eigenvalue weighted by molar-refractivity contribution is 7.93. The van der Waals surface area contributed by atoms with Crippen LogP contribution in [0, 0.1) is 0 Å². The molecular formula is C25H35N5O5S. The number of hydrogen-bond donors (Lipinski definition) is 3. The van der Waals surface area contributed by atoms with E-state index in [1.54, 1.807) is 26.0 Å². The van der Waals surface area contributed by atoms with Crippen LogP contribution in [-0.4, -0.2) is 73.7 Å². The molecule has 36 heavy (non-hydrogen) atoms. The van der Waals surface area contributed by atoms with Crippen LogP contribution in [0.25, 0.3) is 11.4 Å². The van der Waals surface area contributed by atoms with Crippen molar-refractivity contribution in [2.75, 3.05) is 43.1 Å². The van der Waals surface area contributed by atoms with Crippen molar-refractivity contribution in [1.29, 1.82) is 0 Å². The third-order valence-corrected chi connectivity index (χ3v) is 9.68. The van der Waals surface area contributed by atoms with Crippen molar-refractivity contribution < 1.29 is 23.1 Å². The summed E-state index contributed by atoms with van der Waals surface area (Å²) in [5, 5.41) is 13.8. The van der Waals surface area contributed by atoms with Gasteiger partial charge in [-0.25, -0.2) is 23.2 Å². The first-order valence-corrected chi connectivity index (χ1v) is 14.0. The Balaban J connectivity index is 1.67. The highest BCUT2D eigenvalue weighted by Crippen LogP contribution is 2.54. The van der Waals surface area contributed by atoms with Gasteiger partial charge < -0.3 is 25.4 Å². The third-order valence-electron chi connectivity index (χ3n) is 6.73. The minimum Gasteiger partial charge on any atom is -0.396 e. The Morgan fingerprint density at radius 3 is 2.58 bits per heavy atom. The van der Waals surface area contributed by atoms with Crippen LogP contribution in [0.2, 0.25) is 0 Å². The van der Waals surface area contributed by atoms with Gasteiger partial charge in [0.2, 0.25) is 0 Å². The number of carbonyl (C=O) groups is 1. The summed E-state index contributed by atoms with van der Waals surface area (Å²) in [5.74, 6) is 1.15. The first-order chi connectivity index (χ1) is 17.2. The van der Waals surface area contributed by atoms with Crippen molar-refractivity contribution in [2.24, 2.45) is 0 Å². The number of aliphatic hydroxyl groups excluding tert-OH is 1. The van der Waals surface area contributed by atoms with Crippen molar-refractivity contribution in [3.8, 4) is 11.4 Å². The van der Waals surface area contributed by atoms with Crippen LogP contribution >= 0.6 is 0 Å². The number of amides is 2. The molecule has 196 valence electrons. The fraction of sp³-hybridized carbons (Fsp3) is 0.560. The summed E-state index contributed by atoms with van der Waals surface area (Å²) in [4.78, 5) is 23.7. The van der Waals surface area contributed by atoms with Gasteiger partial charge in [-0.3, -0.25) is 0 Å². The maximum absolute atomic E-state index is 13.3. The Kier molecular flexibility index (Phi) is 7.82. The summed E-state index contributed by atoms with van der Waals surface area (Å²) >= 11 is 0. The van der Waals surface area contributed by atoms with Gasteiger partial charge in [0.05, 0.1) is 30.2 Å². The minimum absolute atomic E-state index is 0.0129. The van der Waals surface area contributed by atoms with Gasteiger partial charge >= 0.3 is 6.03 Å². The normalized spacial score (nSPS) is 19.2. The molecule has 2 aromatic rings. The molecule has 2 fully saturated rings. The molecule has 1 aliphatic carbocycles. The SMILES string of the molecule is CC(C)S(=O)(=O)C1(c2cc(N3CCOC[C@@H]3C)nc(-c3ccc(NC(=O)NCCCO)cc3)n2)CC1. The number of nitrogens with zero attached hydrogens (tertiary/aromatic N) is 3. The van der Waals surface area contributed by atoms with E-state index >= 15 is 0 Å². The van der Waals surface area contributed by atoms with Crippen molar-refractivity contribution >= 4 is 27.4 Å². The van der Waals surface area contributed by atoms with Gasteiger partial charge in [0, 0.05) is 37.0 Å². The number of aromatic nitrogens is 2. The summed E-state index contributed by atoms with van der Waals surface area (Å²) in [5.41, 5.74) is 1.86. The zero-order valence-electron chi connectivity index (χ0n) is 21.0. The predicted octanol–water partition coefficient (Wildman–Crippen LogP) is 2.68. The lowest BCUT2D eigenvalue weighted by atomic mass is 10.1. The quantitative estimate of drug-likeness (QED) is 0.432. The van der Waals surface area contributed by atoms with Gasteiger partial charge in [0.1, 0.15) is 10.6 Å². The highest BCUT2D eigenvalue weighted by Gasteiger charge is 2.58. The van der Waals surface area contributed by atoms with Gasteiger partial charge in [-0.1, -0.05) is 0 Å². The van der Waals surface area contributed by atoms with E-state index in [4.69, 9.17) is 19.8 Å². The second kappa shape index (κ2) is 10.7. The van der Waals surface area contributed by atoms with Crippen LogP contribution in [0.3, 0.4) is 0 Å². The molecule has 1 aromatic carbocycles. The largest absolute Gasteiger partial charge is 0.396 e. The molecule has 1 saturated carbocycles. The Morgan fingerprint density at radius 1 is 1.25 bits per heavy atom. The summed E-state index contributed by atoms with van der Waals surface area (Å²) in [6.07, 6.45) is 1.59. The van der Waals surface area contributed by atoms with Gasteiger partial charge in [0.25, 0.3) is 0 Å². The molecule has 2 amide bonds. The van der Waals surface area contributed by atoms with Crippen LogP contribution in [-0.2, 0) is 19.3 Å². The maximum Gasteiger partial charge on any atom is 0.319 e. The number of sulfone groups is 1. The Labute approximate surface area is 212 Å². The van der Waals surface area contributed by atoms with Crippen LogP contribution in [0.1, 0.15) is 45.7 Å². The molecule has 4 rings (SSSR count). The summed E-state index contributed by atoms with van der Waals surface area (Å²) in [7, 11) is -3.41. The highest BCUT2D eigenvalue weighted by atomic mass is 32.2. The van der Waals surface area contributed by atoms with Gasteiger partial charge in [-0.05, 0) is 64.3 Å². The van der Waals surface area contributed by atoms with Crippen molar-refractivity contribution in [2.45, 2.75) is 56.1 Å². The van der Waals surface area contributed by atoms with Crippen LogP contribution in [0.15, 0.2) is 30.3 Å². The molecule has 0 spiro atoms. The van der Waals surface area contributed by atoms with E-state index in [1.165, 1.54) is 0 Å². The number of nitrogens with one attached hydrogen (secondary N) is 2. The number of rotatable bonds is 9. The smallest absolute Gasteiger partial charge is 0.319 e. The lowest BCUT2D eigenvalue weighted by Crippen LogP contribution is -2.44. The zero-order valence-corrected chi connectivity index (χ0v) is 21.8. The molecule has 0 radical (unpaired) electrons. The molecule has 10 nitrogen and oxygen atoms in total. The predicted molar refractivity (Wildman–Crippen MR) is 139 cm³/mol. The molecule has 1 aliphatic heterocycles. The minimum atomic E-state index is -3.41. The van der Waals surface area contributed by atoms with E-state index in [0.717, 1.165) is 5.56 Å². The Hall–Kier alpha value is -2.76. The number of morpholine rings is 1. The van der Waals surface area contributed by atoms with Crippen LogP contribution < -0.4 is 15.5 Å². The number of carbonyl (C=O) groups excluding carboxylic acids is 1. The third kappa shape index (κ3) is 5.33. The molecule has 0 bridgehead atoms. The van der Waals surface area contributed by atoms with E-state index in [2.05, 4.69) is 22.5 Å². The van der Waals surface area contributed by atoms with Crippen molar-refractivity contribution in [1.82, 2.24) is 15.3 Å². The van der Waals surface area contributed by atoms with E-state index in [1.807, 2.05) is 18.2 Å². The average molecular weight is 518 g/mol. The molecule has 2 aliphatic rings. The second-order valence-electron chi connectivity index (χ2n) is 9.68. The van der Waals surface area contributed by atoms with E-state index in [9.17, 15) is 13.2 Å². The fourth-order valence-corrected chi connectivity index (χ4v) is 6.39. The summed E-state index contributed by atoms with van der Waals surface area (Å²) in [6.45, 7) is 7.70. The molecule has 1 atom stereocenters. The molecule has 0 unspecified atom stereocenters. The van der Waals surface area contributed by atoms with E-state index < -0.39 is 19.8 Å². The number of ether oxygens (including phenoxy) is 1. The van der Waals surface area contributed by atoms with Gasteiger partial charge in [0.15, 0.2) is 15.7 Å². The molecule has 11 heteroatoms.